The number of aromatic nitrogens is 1. The Hall–Kier alpha value is -2.30. The first kappa shape index (κ1) is 9.26. The number of carbonyl (C=O) groups is 2. The molecule has 0 saturated heterocycles. The zero-order valence-electron chi connectivity index (χ0n) is 7.44. The second-order valence-electron chi connectivity index (χ2n) is 3.06. The average Bonchev–Trinajstić information content (AvgIpc) is 2.59. The van der Waals surface area contributed by atoms with Crippen LogP contribution in [0.25, 0.3) is 10.9 Å². The maximum absolute atomic E-state index is 10.5. The number of nitrogens with one attached hydrogen (secondary N) is 1. The molecule has 1 N–H and O–H groups in total. The summed E-state index contributed by atoms with van der Waals surface area (Å²) >= 11 is 0. The number of H-pyrrole nitrogens is 1. The highest BCUT2D eigenvalue weighted by Gasteiger charge is 2.02. The van der Waals surface area contributed by atoms with Crippen LogP contribution in [0.5, 0.6) is 0 Å². The lowest BCUT2D eigenvalue weighted by Crippen LogP contribution is -2.22. The van der Waals surface area contributed by atoms with Gasteiger partial charge in [-0.2, -0.15) is 0 Å². The fourth-order valence-corrected chi connectivity index (χ4v) is 1.36. The normalized spacial score (nSPS) is 10.4. The van der Waals surface area contributed by atoms with Crippen LogP contribution in [0, 0.1) is 0 Å². The van der Waals surface area contributed by atoms with Crippen LogP contribution in [0.4, 0.5) is 0 Å². The van der Waals surface area contributed by atoms with Crippen molar-refractivity contribution >= 4 is 22.8 Å². The van der Waals surface area contributed by atoms with E-state index < -0.39 is 11.9 Å². The summed E-state index contributed by atoms with van der Waals surface area (Å²) in [6, 6.07) is 5.55. The first-order chi connectivity index (χ1) is 7.08. The summed E-state index contributed by atoms with van der Waals surface area (Å²) in [6.45, 7) is 0. The quantitative estimate of drug-likeness (QED) is 0.669. The Morgan fingerprint density at radius 2 is 1.80 bits per heavy atom. The molecule has 0 bridgehead atoms. The zero-order chi connectivity index (χ0) is 11.0. The summed E-state index contributed by atoms with van der Waals surface area (Å²) in [7, 11) is 0. The number of hydrogen-bond donors (Lipinski definition) is 1. The van der Waals surface area contributed by atoms with Crippen LogP contribution in [0.1, 0.15) is 20.8 Å². The van der Waals surface area contributed by atoms with Crippen molar-refractivity contribution < 1.29 is 19.8 Å². The highest BCUT2D eigenvalue weighted by atomic mass is 16.4. The molecule has 0 aliphatic heterocycles. The Bertz CT molecular complexity index is 544. The van der Waals surface area contributed by atoms with E-state index in [4.69, 9.17) is 0 Å². The van der Waals surface area contributed by atoms with E-state index in [0.29, 0.717) is 10.9 Å². The van der Waals surface area contributed by atoms with Gasteiger partial charge in [0.05, 0.1) is 17.6 Å². The van der Waals surface area contributed by atoms with Crippen LogP contribution >= 0.6 is 0 Å². The number of rotatable bonds is 2. The molecule has 1 aromatic carbocycles. The Morgan fingerprint density at radius 3 is 2.40 bits per heavy atom. The van der Waals surface area contributed by atoms with Crippen molar-refractivity contribution in [1.82, 2.24) is 4.98 Å². The number of fused-ring (bicyclic) bond motifs is 1. The fraction of sp³-hybridized carbons (Fsp3) is 0. The van der Waals surface area contributed by atoms with Gasteiger partial charge < -0.3 is 24.8 Å². The van der Waals surface area contributed by atoms with Crippen molar-refractivity contribution in [3.63, 3.8) is 0 Å². The van der Waals surface area contributed by atoms with E-state index >= 15 is 0 Å². The van der Waals surface area contributed by atoms with Gasteiger partial charge in [-0.25, -0.2) is 0 Å². The molecule has 1 aromatic heterocycles. The minimum atomic E-state index is -1.33. The van der Waals surface area contributed by atoms with Crippen molar-refractivity contribution in [3.05, 3.63) is 35.5 Å². The minimum Gasteiger partial charge on any atom is -0.545 e. The van der Waals surface area contributed by atoms with Crippen LogP contribution < -0.4 is 10.2 Å². The number of carboxylic acids is 2. The van der Waals surface area contributed by atoms with E-state index in [0.717, 1.165) is 0 Å². The SMILES string of the molecule is O=C([O-])c1ccc2cc(C(=O)[O-])[nH]c2c1. The predicted octanol–water partition coefficient (Wildman–Crippen LogP) is -1.11. The van der Waals surface area contributed by atoms with Gasteiger partial charge in [-0.05, 0) is 17.7 Å². The smallest absolute Gasteiger partial charge is 0.0878 e. The summed E-state index contributed by atoms with van der Waals surface area (Å²) in [5.74, 6) is -2.64. The van der Waals surface area contributed by atoms with Gasteiger partial charge in [0, 0.05) is 10.9 Å². The molecule has 0 atom stereocenters. The maximum Gasteiger partial charge on any atom is 0.0878 e. The molecule has 1 heterocycles. The molecule has 0 radical (unpaired) electrons. The lowest BCUT2D eigenvalue weighted by molar-refractivity contribution is -0.256. The monoisotopic (exact) mass is 203 g/mol. The number of benzene rings is 1. The summed E-state index contributed by atoms with van der Waals surface area (Å²) in [6.07, 6.45) is 0. The van der Waals surface area contributed by atoms with E-state index in [1.165, 1.54) is 24.3 Å². The van der Waals surface area contributed by atoms with Crippen LogP contribution in [0.2, 0.25) is 0 Å². The third-order valence-corrected chi connectivity index (χ3v) is 2.08. The van der Waals surface area contributed by atoms with Gasteiger partial charge in [0.15, 0.2) is 0 Å². The van der Waals surface area contributed by atoms with Crippen molar-refractivity contribution in [2.24, 2.45) is 0 Å². The van der Waals surface area contributed by atoms with E-state index in [9.17, 15) is 19.8 Å². The zero-order valence-corrected chi connectivity index (χ0v) is 7.44. The summed E-state index contributed by atoms with van der Waals surface area (Å²) in [5.41, 5.74) is 0.339. The molecule has 0 unspecified atom stereocenters. The predicted molar refractivity (Wildman–Crippen MR) is 47.0 cm³/mol. The Labute approximate surface area is 84.0 Å². The minimum absolute atomic E-state index is 0.00533. The molecular formula is C10H5NO4-2. The second kappa shape index (κ2) is 3.13. The third kappa shape index (κ3) is 1.54. The van der Waals surface area contributed by atoms with Gasteiger partial charge in [0.25, 0.3) is 0 Å². The van der Waals surface area contributed by atoms with Gasteiger partial charge in [-0.3, -0.25) is 0 Å². The molecule has 5 nitrogen and oxygen atoms in total. The highest BCUT2D eigenvalue weighted by molar-refractivity contribution is 5.96. The van der Waals surface area contributed by atoms with Crippen LogP contribution in [-0.4, -0.2) is 16.9 Å². The standard InChI is InChI=1S/C10H7NO4/c12-9(13)6-2-1-5-3-8(10(14)15)11-7(5)4-6/h1-4,11H,(H,12,13)(H,14,15)/p-2. The summed E-state index contributed by atoms with van der Waals surface area (Å²) < 4.78 is 0. The van der Waals surface area contributed by atoms with Gasteiger partial charge in [0.2, 0.25) is 0 Å². The number of aromatic carboxylic acids is 2. The van der Waals surface area contributed by atoms with Crippen LogP contribution in [0.3, 0.4) is 0 Å². The molecule has 0 spiro atoms. The van der Waals surface area contributed by atoms with E-state index in [2.05, 4.69) is 4.98 Å². The molecular weight excluding hydrogens is 198 g/mol. The highest BCUT2D eigenvalue weighted by Crippen LogP contribution is 2.16. The molecule has 0 aliphatic carbocycles. The molecule has 2 rings (SSSR count). The molecule has 76 valence electrons. The fourth-order valence-electron chi connectivity index (χ4n) is 1.36. The first-order valence-electron chi connectivity index (χ1n) is 4.13. The molecule has 15 heavy (non-hydrogen) atoms. The van der Waals surface area contributed by atoms with Crippen molar-refractivity contribution in [2.75, 3.05) is 0 Å². The second-order valence-corrected chi connectivity index (χ2v) is 3.06. The Kier molecular flexibility index (Phi) is 1.93. The maximum atomic E-state index is 10.5. The topological polar surface area (TPSA) is 96.0 Å². The van der Waals surface area contributed by atoms with Crippen LogP contribution in [0.15, 0.2) is 24.3 Å². The number of carboxylic acid groups (broad SMARTS) is 2. The number of aromatic amines is 1. The van der Waals surface area contributed by atoms with Crippen molar-refractivity contribution in [2.45, 2.75) is 0 Å². The van der Waals surface area contributed by atoms with Gasteiger partial charge >= 0.3 is 0 Å². The van der Waals surface area contributed by atoms with Crippen molar-refractivity contribution in [1.29, 1.82) is 0 Å². The Balaban J connectivity index is 2.62. The van der Waals surface area contributed by atoms with E-state index in [1.54, 1.807) is 0 Å². The Morgan fingerprint density at radius 1 is 1.07 bits per heavy atom. The van der Waals surface area contributed by atoms with Gasteiger partial charge in [-0.1, -0.05) is 12.1 Å². The van der Waals surface area contributed by atoms with E-state index in [1.807, 2.05) is 0 Å². The molecule has 0 aliphatic rings. The van der Waals surface area contributed by atoms with Gasteiger partial charge in [0.1, 0.15) is 0 Å². The third-order valence-electron chi connectivity index (χ3n) is 2.08. The van der Waals surface area contributed by atoms with E-state index in [-0.39, 0.29) is 11.3 Å². The average molecular weight is 203 g/mol. The number of carbonyl (C=O) groups excluding carboxylic acids is 2. The molecule has 2 aromatic rings. The molecule has 0 saturated carbocycles. The molecule has 5 heteroatoms. The largest absolute Gasteiger partial charge is 0.545 e. The first-order valence-corrected chi connectivity index (χ1v) is 4.13. The van der Waals surface area contributed by atoms with Crippen LogP contribution in [-0.2, 0) is 0 Å². The van der Waals surface area contributed by atoms with Crippen molar-refractivity contribution in [3.8, 4) is 0 Å². The lowest BCUT2D eigenvalue weighted by atomic mass is 10.2. The van der Waals surface area contributed by atoms with Gasteiger partial charge in [-0.15, -0.1) is 0 Å². The number of hydrogen-bond acceptors (Lipinski definition) is 4. The molecule has 0 amide bonds. The summed E-state index contributed by atoms with van der Waals surface area (Å²) in [4.78, 5) is 23.6. The summed E-state index contributed by atoms with van der Waals surface area (Å²) in [5, 5.41) is 21.7. The lowest BCUT2D eigenvalue weighted by Gasteiger charge is -2.00. The molecule has 0 fully saturated rings.